The average Bonchev–Trinajstić information content (AvgIpc) is 2.53. The molecule has 0 bridgehead atoms. The zero-order valence-electron chi connectivity index (χ0n) is 7.42. The van der Waals surface area contributed by atoms with Crippen LogP contribution in [0.2, 0.25) is 0 Å². The van der Waals surface area contributed by atoms with Crippen molar-refractivity contribution in [1.82, 2.24) is 4.98 Å². The lowest BCUT2D eigenvalue weighted by molar-refractivity contribution is 0.281. The maximum atomic E-state index is 8.77. The molecule has 0 spiro atoms. The number of aryl methyl sites for hydroxylation is 1. The van der Waals surface area contributed by atoms with E-state index in [1.165, 1.54) is 24.1 Å². The Hall–Kier alpha value is -0.410. The zero-order chi connectivity index (χ0) is 8.81. The van der Waals surface area contributed by atoms with Gasteiger partial charge in [0.1, 0.15) is 5.01 Å². The van der Waals surface area contributed by atoms with Crippen molar-refractivity contribution < 1.29 is 5.11 Å². The lowest BCUT2D eigenvalue weighted by Gasteiger charge is -1.93. The third kappa shape index (κ3) is 2.91. The quantitative estimate of drug-likeness (QED) is 0.714. The highest BCUT2D eigenvalue weighted by Gasteiger charge is 1.99. The second-order valence-electron chi connectivity index (χ2n) is 2.84. The van der Waals surface area contributed by atoms with Crippen molar-refractivity contribution in [3.63, 3.8) is 0 Å². The van der Waals surface area contributed by atoms with E-state index >= 15 is 0 Å². The van der Waals surface area contributed by atoms with Gasteiger partial charge in [-0.15, -0.1) is 11.3 Å². The molecule has 68 valence electrons. The normalized spacial score (nSPS) is 10.5. The van der Waals surface area contributed by atoms with Crippen molar-refractivity contribution in [3.05, 3.63) is 16.1 Å². The minimum atomic E-state index is 0.0818. The summed E-state index contributed by atoms with van der Waals surface area (Å²) in [5, 5.41) is 9.61. The van der Waals surface area contributed by atoms with Gasteiger partial charge in [0.05, 0.1) is 6.61 Å². The summed E-state index contributed by atoms with van der Waals surface area (Å²) < 4.78 is 0. The van der Waals surface area contributed by atoms with Crippen LogP contribution in [0.25, 0.3) is 0 Å². The van der Waals surface area contributed by atoms with Gasteiger partial charge in [0.15, 0.2) is 0 Å². The Morgan fingerprint density at radius 1 is 1.50 bits per heavy atom. The van der Waals surface area contributed by atoms with Crippen LogP contribution in [0.3, 0.4) is 0 Å². The minimum absolute atomic E-state index is 0.0818. The summed E-state index contributed by atoms with van der Waals surface area (Å²) in [6.07, 6.45) is 6.78. The molecular weight excluding hydrogens is 170 g/mol. The van der Waals surface area contributed by atoms with Crippen LogP contribution in [0.15, 0.2) is 6.20 Å². The molecule has 1 heterocycles. The highest BCUT2D eigenvalue weighted by atomic mass is 32.1. The molecule has 1 aromatic heterocycles. The topological polar surface area (TPSA) is 33.1 Å². The number of rotatable bonds is 5. The highest BCUT2D eigenvalue weighted by Crippen LogP contribution is 2.15. The van der Waals surface area contributed by atoms with E-state index in [4.69, 9.17) is 5.11 Å². The molecule has 3 heteroatoms. The SMILES string of the molecule is CCCCCc1cnc(CO)s1. The predicted octanol–water partition coefficient (Wildman–Crippen LogP) is 2.37. The first-order valence-corrected chi connectivity index (χ1v) is 5.23. The number of hydrogen-bond acceptors (Lipinski definition) is 3. The first kappa shape index (κ1) is 9.68. The summed E-state index contributed by atoms with van der Waals surface area (Å²) in [6.45, 7) is 2.28. The second kappa shape index (κ2) is 5.27. The van der Waals surface area contributed by atoms with Gasteiger partial charge in [-0.2, -0.15) is 0 Å². The van der Waals surface area contributed by atoms with Gasteiger partial charge in [-0.3, -0.25) is 0 Å². The van der Waals surface area contributed by atoms with Crippen molar-refractivity contribution in [2.45, 2.75) is 39.2 Å². The summed E-state index contributed by atoms with van der Waals surface area (Å²) in [6, 6.07) is 0. The fraction of sp³-hybridized carbons (Fsp3) is 0.667. The number of hydrogen-bond donors (Lipinski definition) is 1. The van der Waals surface area contributed by atoms with E-state index in [0.29, 0.717) is 0 Å². The molecule has 12 heavy (non-hydrogen) atoms. The number of thiazole rings is 1. The maximum Gasteiger partial charge on any atom is 0.118 e. The van der Waals surface area contributed by atoms with Crippen LogP contribution in [0.4, 0.5) is 0 Å². The van der Waals surface area contributed by atoms with Crippen molar-refractivity contribution >= 4 is 11.3 Å². The van der Waals surface area contributed by atoms with Gasteiger partial charge in [-0.25, -0.2) is 4.98 Å². The summed E-state index contributed by atoms with van der Waals surface area (Å²) in [4.78, 5) is 5.38. The molecule has 0 aromatic carbocycles. The largest absolute Gasteiger partial charge is 0.389 e. The van der Waals surface area contributed by atoms with Crippen LogP contribution >= 0.6 is 11.3 Å². The zero-order valence-corrected chi connectivity index (χ0v) is 8.23. The van der Waals surface area contributed by atoms with E-state index in [9.17, 15) is 0 Å². The van der Waals surface area contributed by atoms with Crippen LogP contribution in [0, 0.1) is 0 Å². The molecule has 1 aromatic rings. The van der Waals surface area contributed by atoms with Crippen molar-refractivity contribution in [3.8, 4) is 0 Å². The van der Waals surface area contributed by atoms with Crippen LogP contribution in [-0.2, 0) is 13.0 Å². The fourth-order valence-corrected chi connectivity index (χ4v) is 1.91. The van der Waals surface area contributed by atoms with E-state index < -0.39 is 0 Å². The van der Waals surface area contributed by atoms with E-state index in [0.717, 1.165) is 11.4 Å². The van der Waals surface area contributed by atoms with Crippen LogP contribution in [-0.4, -0.2) is 10.1 Å². The average molecular weight is 185 g/mol. The molecular formula is C9H15NOS. The number of aromatic nitrogens is 1. The number of unbranched alkanes of at least 4 members (excludes halogenated alkanes) is 2. The molecule has 0 unspecified atom stereocenters. The van der Waals surface area contributed by atoms with Crippen molar-refractivity contribution in [2.75, 3.05) is 0 Å². The van der Waals surface area contributed by atoms with Crippen LogP contribution in [0.5, 0.6) is 0 Å². The Morgan fingerprint density at radius 3 is 2.92 bits per heavy atom. The Morgan fingerprint density at radius 2 is 2.33 bits per heavy atom. The van der Waals surface area contributed by atoms with Gasteiger partial charge in [0, 0.05) is 11.1 Å². The van der Waals surface area contributed by atoms with Crippen LogP contribution in [0.1, 0.15) is 36.1 Å². The van der Waals surface area contributed by atoms with Crippen LogP contribution < -0.4 is 0 Å². The summed E-state index contributed by atoms with van der Waals surface area (Å²) >= 11 is 1.62. The molecule has 1 N–H and O–H groups in total. The minimum Gasteiger partial charge on any atom is -0.389 e. The maximum absolute atomic E-state index is 8.77. The second-order valence-corrected chi connectivity index (χ2v) is 4.04. The third-order valence-corrected chi connectivity index (χ3v) is 2.81. The lowest BCUT2D eigenvalue weighted by Crippen LogP contribution is -1.79. The van der Waals surface area contributed by atoms with Gasteiger partial charge < -0.3 is 5.11 Å². The molecule has 0 saturated heterocycles. The van der Waals surface area contributed by atoms with E-state index in [-0.39, 0.29) is 6.61 Å². The lowest BCUT2D eigenvalue weighted by atomic mass is 10.2. The molecule has 0 saturated carbocycles. The first-order valence-electron chi connectivity index (χ1n) is 4.41. The standard InChI is InChI=1S/C9H15NOS/c1-2-3-4-5-8-6-10-9(7-11)12-8/h6,11H,2-5,7H2,1H3. The Labute approximate surface area is 77.3 Å². The Balaban J connectivity index is 2.31. The number of aliphatic hydroxyl groups is 1. The fourth-order valence-electron chi connectivity index (χ4n) is 1.09. The number of aliphatic hydroxyl groups excluding tert-OH is 1. The van der Waals surface area contributed by atoms with Gasteiger partial charge in [-0.1, -0.05) is 19.8 Å². The van der Waals surface area contributed by atoms with Crippen molar-refractivity contribution in [1.29, 1.82) is 0 Å². The Kier molecular flexibility index (Phi) is 4.25. The molecule has 0 aliphatic heterocycles. The molecule has 0 atom stereocenters. The summed E-state index contributed by atoms with van der Waals surface area (Å²) in [5.74, 6) is 0. The van der Waals surface area contributed by atoms with Gasteiger partial charge >= 0.3 is 0 Å². The van der Waals surface area contributed by atoms with Gasteiger partial charge in [0.25, 0.3) is 0 Å². The molecule has 0 radical (unpaired) electrons. The van der Waals surface area contributed by atoms with Gasteiger partial charge in [-0.05, 0) is 12.8 Å². The third-order valence-electron chi connectivity index (χ3n) is 1.76. The van der Waals surface area contributed by atoms with Crippen molar-refractivity contribution in [2.24, 2.45) is 0 Å². The van der Waals surface area contributed by atoms with Gasteiger partial charge in [0.2, 0.25) is 0 Å². The van der Waals surface area contributed by atoms with E-state index in [2.05, 4.69) is 11.9 Å². The molecule has 0 aliphatic carbocycles. The molecule has 0 amide bonds. The Bertz CT molecular complexity index is 222. The van der Waals surface area contributed by atoms with E-state index in [1.807, 2.05) is 6.20 Å². The molecule has 1 rings (SSSR count). The first-order chi connectivity index (χ1) is 5.86. The monoisotopic (exact) mass is 185 g/mol. The summed E-state index contributed by atoms with van der Waals surface area (Å²) in [5.41, 5.74) is 0. The highest BCUT2D eigenvalue weighted by molar-refractivity contribution is 7.11. The predicted molar refractivity (Wildman–Crippen MR) is 51.3 cm³/mol. The molecule has 0 fully saturated rings. The summed E-state index contributed by atoms with van der Waals surface area (Å²) in [7, 11) is 0. The van der Waals surface area contributed by atoms with E-state index in [1.54, 1.807) is 11.3 Å². The smallest absolute Gasteiger partial charge is 0.118 e. The molecule has 2 nitrogen and oxygen atoms in total. The molecule has 0 aliphatic rings. The number of nitrogens with zero attached hydrogens (tertiary/aromatic N) is 1.